The molecule has 7 nitrogen and oxygen atoms in total. The van der Waals surface area contributed by atoms with E-state index < -0.39 is 21.9 Å². The van der Waals surface area contributed by atoms with E-state index in [1.54, 1.807) is 41.3 Å². The molecule has 2 fully saturated rings. The van der Waals surface area contributed by atoms with Crippen molar-refractivity contribution in [2.45, 2.75) is 23.2 Å². The van der Waals surface area contributed by atoms with Crippen molar-refractivity contribution in [2.24, 2.45) is 0 Å². The van der Waals surface area contributed by atoms with Gasteiger partial charge in [-0.2, -0.15) is 4.31 Å². The van der Waals surface area contributed by atoms with Crippen LogP contribution in [0.2, 0.25) is 5.02 Å². The second-order valence-corrected chi connectivity index (χ2v) is 9.69. The van der Waals surface area contributed by atoms with Gasteiger partial charge in [0, 0.05) is 30.6 Å². The molecule has 0 bridgehead atoms. The molecule has 2 atom stereocenters. The van der Waals surface area contributed by atoms with Gasteiger partial charge in [0.15, 0.2) is 23.3 Å². The summed E-state index contributed by atoms with van der Waals surface area (Å²) in [5, 5.41) is 5.32. The van der Waals surface area contributed by atoms with Crippen molar-refractivity contribution in [3.05, 3.63) is 53.6 Å². The minimum Gasteiger partial charge on any atom is -0.355 e. The first-order valence-electron chi connectivity index (χ1n) is 9.58. The molecule has 2 aromatic carbocycles. The number of ether oxygens (including phenoxy) is 1. The van der Waals surface area contributed by atoms with Gasteiger partial charge in [-0.15, -0.1) is 0 Å². The van der Waals surface area contributed by atoms with Gasteiger partial charge in [-0.25, -0.2) is 12.8 Å². The average molecular weight is 452 g/mol. The first-order valence-corrected chi connectivity index (χ1v) is 11.4. The Bertz CT molecular complexity index is 1190. The second-order valence-electron chi connectivity index (χ2n) is 7.39. The maximum Gasteiger partial charge on any atom is 0.245 e. The molecule has 3 aromatic rings. The van der Waals surface area contributed by atoms with Crippen molar-refractivity contribution in [2.75, 3.05) is 31.1 Å². The van der Waals surface area contributed by atoms with Crippen LogP contribution >= 0.6 is 11.6 Å². The maximum atomic E-state index is 15.6. The molecule has 0 amide bonds. The Morgan fingerprint density at radius 3 is 2.73 bits per heavy atom. The van der Waals surface area contributed by atoms with Crippen molar-refractivity contribution in [3.63, 3.8) is 0 Å². The van der Waals surface area contributed by atoms with E-state index in [2.05, 4.69) is 5.16 Å². The third kappa shape index (κ3) is 2.99. The zero-order chi connectivity index (χ0) is 20.9. The van der Waals surface area contributed by atoms with E-state index in [1.165, 1.54) is 16.4 Å². The largest absolute Gasteiger partial charge is 0.355 e. The van der Waals surface area contributed by atoms with Crippen LogP contribution < -0.4 is 4.90 Å². The minimum atomic E-state index is -3.89. The predicted octanol–water partition coefficient (Wildman–Crippen LogP) is 3.45. The molecule has 5 rings (SSSR count). The summed E-state index contributed by atoms with van der Waals surface area (Å²) in [5.74, 6) is 0.509. The molecule has 158 valence electrons. The summed E-state index contributed by atoms with van der Waals surface area (Å²) in [6.07, 6.45) is -1.39. The maximum absolute atomic E-state index is 15.6. The van der Waals surface area contributed by atoms with E-state index in [9.17, 15) is 8.42 Å². The number of benzene rings is 2. The van der Waals surface area contributed by atoms with Gasteiger partial charge in [-0.05, 0) is 24.3 Å². The molecule has 30 heavy (non-hydrogen) atoms. The van der Waals surface area contributed by atoms with Gasteiger partial charge in [0.2, 0.25) is 10.0 Å². The first-order chi connectivity index (χ1) is 14.4. The molecule has 1 spiro atoms. The molecule has 0 aliphatic carbocycles. The van der Waals surface area contributed by atoms with Gasteiger partial charge in [-0.1, -0.05) is 35.0 Å². The fourth-order valence-corrected chi connectivity index (χ4v) is 6.15. The van der Waals surface area contributed by atoms with Crippen LogP contribution in [0.1, 0.15) is 6.42 Å². The van der Waals surface area contributed by atoms with Crippen LogP contribution in [0.15, 0.2) is 57.9 Å². The molecule has 3 heterocycles. The number of rotatable bonds is 3. The third-order valence-electron chi connectivity index (χ3n) is 5.72. The molecule has 2 aliphatic heterocycles. The summed E-state index contributed by atoms with van der Waals surface area (Å²) in [5.41, 5.74) is -1.01. The number of fused-ring (bicyclic) bond motifs is 1. The van der Waals surface area contributed by atoms with Crippen molar-refractivity contribution in [3.8, 4) is 0 Å². The standard InChI is InChI=1S/C20H19ClFN3O4S/c21-14-6-7-16-17(12-14)29-23-19(16)24-9-8-20(18(22)13-24)25(10-11-28-20)30(26,27)15-4-2-1-3-5-15/h1-7,12,18H,8-11,13H2. The van der Waals surface area contributed by atoms with Gasteiger partial charge < -0.3 is 14.2 Å². The van der Waals surface area contributed by atoms with Gasteiger partial charge in [0.25, 0.3) is 0 Å². The Kier molecular flexibility index (Phi) is 4.73. The number of anilines is 1. The first kappa shape index (κ1) is 19.7. The fourth-order valence-electron chi connectivity index (χ4n) is 4.25. The van der Waals surface area contributed by atoms with E-state index in [0.717, 1.165) is 5.39 Å². The van der Waals surface area contributed by atoms with Gasteiger partial charge in [0.05, 0.1) is 23.4 Å². The summed E-state index contributed by atoms with van der Waals surface area (Å²) in [6, 6.07) is 13.2. The van der Waals surface area contributed by atoms with Crippen LogP contribution in [0.25, 0.3) is 11.0 Å². The lowest BCUT2D eigenvalue weighted by atomic mass is 9.98. The van der Waals surface area contributed by atoms with Crippen LogP contribution in [-0.4, -0.2) is 56.0 Å². The Hall–Kier alpha value is -2.20. The Labute approximate surface area is 178 Å². The van der Waals surface area contributed by atoms with Crippen molar-refractivity contribution < 1.29 is 22.1 Å². The molecule has 0 radical (unpaired) electrons. The van der Waals surface area contributed by atoms with E-state index in [4.69, 9.17) is 20.9 Å². The van der Waals surface area contributed by atoms with E-state index in [0.29, 0.717) is 23.0 Å². The zero-order valence-electron chi connectivity index (χ0n) is 15.9. The highest BCUT2D eigenvalue weighted by atomic mass is 35.5. The monoisotopic (exact) mass is 451 g/mol. The molecule has 10 heteroatoms. The summed E-state index contributed by atoms with van der Waals surface area (Å²) in [7, 11) is -3.89. The summed E-state index contributed by atoms with van der Waals surface area (Å²) >= 11 is 5.99. The fraction of sp³-hybridized carbons (Fsp3) is 0.350. The quantitative estimate of drug-likeness (QED) is 0.607. The predicted molar refractivity (Wildman–Crippen MR) is 110 cm³/mol. The van der Waals surface area contributed by atoms with Crippen LogP contribution in [0, 0.1) is 0 Å². The number of hydrogen-bond donors (Lipinski definition) is 0. The molecule has 2 aliphatic rings. The lowest BCUT2D eigenvalue weighted by molar-refractivity contribution is -0.116. The molecule has 1 aromatic heterocycles. The Morgan fingerprint density at radius 2 is 1.97 bits per heavy atom. The zero-order valence-corrected chi connectivity index (χ0v) is 17.4. The average Bonchev–Trinajstić information content (AvgIpc) is 3.36. The molecular formula is C20H19ClFN3O4S. The SMILES string of the molecule is O=S(=O)(c1ccccc1)N1CCOC12CCN(c1noc3cc(Cl)ccc13)CC2F. The lowest BCUT2D eigenvalue weighted by Crippen LogP contribution is -2.62. The highest BCUT2D eigenvalue weighted by Gasteiger charge is 2.57. The molecule has 0 N–H and O–H groups in total. The molecule has 2 saturated heterocycles. The number of nitrogens with zero attached hydrogens (tertiary/aromatic N) is 3. The van der Waals surface area contributed by atoms with Gasteiger partial charge >= 0.3 is 0 Å². The number of piperidine rings is 1. The topological polar surface area (TPSA) is 75.9 Å². The highest BCUT2D eigenvalue weighted by molar-refractivity contribution is 7.89. The van der Waals surface area contributed by atoms with Gasteiger partial charge in [0.1, 0.15) is 0 Å². The van der Waals surface area contributed by atoms with Crippen LogP contribution in [-0.2, 0) is 14.8 Å². The van der Waals surface area contributed by atoms with E-state index in [1.807, 2.05) is 0 Å². The Balaban J connectivity index is 1.44. The summed E-state index contributed by atoms with van der Waals surface area (Å²) in [6.45, 7) is 0.567. The summed E-state index contributed by atoms with van der Waals surface area (Å²) in [4.78, 5) is 1.88. The van der Waals surface area contributed by atoms with Gasteiger partial charge in [-0.3, -0.25) is 0 Å². The number of alkyl halides is 1. The number of aromatic nitrogens is 1. The van der Waals surface area contributed by atoms with Crippen LogP contribution in [0.5, 0.6) is 0 Å². The minimum absolute atomic E-state index is 0.0644. The van der Waals surface area contributed by atoms with Crippen LogP contribution in [0.4, 0.5) is 10.2 Å². The highest BCUT2D eigenvalue weighted by Crippen LogP contribution is 2.41. The van der Waals surface area contributed by atoms with Crippen LogP contribution in [0.3, 0.4) is 0 Å². The van der Waals surface area contributed by atoms with Crippen molar-refractivity contribution in [1.29, 1.82) is 0 Å². The number of sulfonamides is 1. The van der Waals surface area contributed by atoms with Crippen molar-refractivity contribution >= 4 is 38.4 Å². The summed E-state index contributed by atoms with van der Waals surface area (Å²) < 4.78 is 54.3. The second kappa shape index (κ2) is 7.19. The number of halogens is 2. The number of hydrogen-bond acceptors (Lipinski definition) is 6. The van der Waals surface area contributed by atoms with E-state index >= 15 is 4.39 Å². The molecule has 0 saturated carbocycles. The Morgan fingerprint density at radius 1 is 1.17 bits per heavy atom. The van der Waals surface area contributed by atoms with E-state index in [-0.39, 0.29) is 31.0 Å². The smallest absolute Gasteiger partial charge is 0.245 e. The molecule has 2 unspecified atom stereocenters. The molecular weight excluding hydrogens is 433 g/mol. The lowest BCUT2D eigenvalue weighted by Gasteiger charge is -2.45. The van der Waals surface area contributed by atoms with Crippen molar-refractivity contribution in [1.82, 2.24) is 9.46 Å². The normalized spacial score (nSPS) is 25.4. The third-order valence-corrected chi connectivity index (χ3v) is 7.90.